The van der Waals surface area contributed by atoms with Gasteiger partial charge < -0.3 is 15.4 Å². The topological polar surface area (TPSA) is 81.1 Å². The van der Waals surface area contributed by atoms with Gasteiger partial charge in [-0.15, -0.1) is 0 Å². The highest BCUT2D eigenvalue weighted by atomic mass is 16.5. The Balaban J connectivity index is 1.30. The SMILES string of the molecule is COCc1nc2n(n1)CCC[C@@H]2NC(=O)N[C@H]1C[C@@H]1C1CCCCC1. The third-order valence-corrected chi connectivity index (χ3v) is 5.91. The van der Waals surface area contributed by atoms with E-state index in [2.05, 4.69) is 20.7 Å². The number of amides is 2. The minimum atomic E-state index is -0.0574. The van der Waals surface area contributed by atoms with Crippen LogP contribution in [0.15, 0.2) is 0 Å². The predicted molar refractivity (Wildman–Crippen MR) is 92.8 cm³/mol. The van der Waals surface area contributed by atoms with Crippen LogP contribution in [0.25, 0.3) is 0 Å². The van der Waals surface area contributed by atoms with E-state index in [1.165, 1.54) is 32.1 Å². The second-order valence-electron chi connectivity index (χ2n) is 7.76. The van der Waals surface area contributed by atoms with Crippen molar-refractivity contribution in [2.75, 3.05) is 7.11 Å². The first kappa shape index (κ1) is 16.8. The number of aryl methyl sites for hydroxylation is 1. The van der Waals surface area contributed by atoms with Gasteiger partial charge in [0.2, 0.25) is 0 Å². The molecule has 0 bridgehead atoms. The first-order valence-electron chi connectivity index (χ1n) is 9.74. The molecule has 7 nitrogen and oxygen atoms in total. The highest BCUT2D eigenvalue weighted by Crippen LogP contribution is 2.44. The lowest BCUT2D eigenvalue weighted by Crippen LogP contribution is -2.41. The van der Waals surface area contributed by atoms with E-state index in [0.717, 1.165) is 37.5 Å². The van der Waals surface area contributed by atoms with Crippen molar-refractivity contribution in [1.82, 2.24) is 25.4 Å². The second kappa shape index (κ2) is 7.32. The van der Waals surface area contributed by atoms with Crippen molar-refractivity contribution >= 4 is 6.03 Å². The summed E-state index contributed by atoms with van der Waals surface area (Å²) in [6.45, 7) is 1.27. The molecule has 2 fully saturated rings. The van der Waals surface area contributed by atoms with Gasteiger partial charge in [0.1, 0.15) is 12.4 Å². The molecule has 2 heterocycles. The number of carbonyl (C=O) groups excluding carboxylic acids is 1. The van der Waals surface area contributed by atoms with Gasteiger partial charge in [0.25, 0.3) is 0 Å². The molecular formula is C18H29N5O2. The van der Waals surface area contributed by atoms with Crippen molar-refractivity contribution in [3.8, 4) is 0 Å². The van der Waals surface area contributed by atoms with Crippen LogP contribution in [0.5, 0.6) is 0 Å². The van der Waals surface area contributed by atoms with E-state index >= 15 is 0 Å². The number of urea groups is 1. The van der Waals surface area contributed by atoms with Crippen LogP contribution in [-0.2, 0) is 17.9 Å². The maximum atomic E-state index is 12.4. The van der Waals surface area contributed by atoms with Crippen LogP contribution >= 0.6 is 0 Å². The van der Waals surface area contributed by atoms with Gasteiger partial charge in [-0.25, -0.2) is 14.5 Å². The Morgan fingerprint density at radius 1 is 1.20 bits per heavy atom. The minimum Gasteiger partial charge on any atom is -0.377 e. The molecule has 1 aromatic heterocycles. The average Bonchev–Trinajstić information content (AvgIpc) is 3.24. The first-order valence-corrected chi connectivity index (χ1v) is 9.74. The van der Waals surface area contributed by atoms with Crippen molar-refractivity contribution in [2.45, 2.75) is 76.6 Å². The number of hydrogen-bond donors (Lipinski definition) is 2. The van der Waals surface area contributed by atoms with Crippen LogP contribution in [0.1, 0.15) is 69.1 Å². The highest BCUT2D eigenvalue weighted by molar-refractivity contribution is 5.75. The molecule has 2 N–H and O–H groups in total. The Morgan fingerprint density at radius 3 is 2.84 bits per heavy atom. The van der Waals surface area contributed by atoms with E-state index in [0.29, 0.717) is 24.4 Å². The van der Waals surface area contributed by atoms with Gasteiger partial charge in [-0.1, -0.05) is 32.1 Å². The molecule has 0 spiro atoms. The number of nitrogens with one attached hydrogen (secondary N) is 2. The van der Waals surface area contributed by atoms with Crippen molar-refractivity contribution in [3.05, 3.63) is 11.6 Å². The molecule has 3 aliphatic rings. The minimum absolute atomic E-state index is 0.0567. The fraction of sp³-hybridized carbons (Fsp3) is 0.833. The largest absolute Gasteiger partial charge is 0.377 e. The molecule has 3 atom stereocenters. The monoisotopic (exact) mass is 347 g/mol. The molecule has 1 aromatic rings. The summed E-state index contributed by atoms with van der Waals surface area (Å²) in [5.74, 6) is 3.07. The van der Waals surface area contributed by atoms with Gasteiger partial charge in [0.15, 0.2) is 5.82 Å². The standard InChI is InChI=1S/C18H29N5O2/c1-25-11-16-21-17-14(8-5-9-23(17)22-16)19-18(24)20-15-10-13(15)12-6-3-2-4-7-12/h12-15H,2-11H2,1H3,(H2,19,20,24)/t13-,14+,15+/m1/s1. The summed E-state index contributed by atoms with van der Waals surface area (Å²) in [4.78, 5) is 17.0. The Hall–Kier alpha value is -1.63. The maximum absolute atomic E-state index is 12.4. The zero-order chi connectivity index (χ0) is 17.2. The molecule has 2 saturated carbocycles. The molecule has 0 aromatic carbocycles. The van der Waals surface area contributed by atoms with Crippen molar-refractivity contribution in [2.24, 2.45) is 11.8 Å². The molecule has 4 rings (SSSR count). The lowest BCUT2D eigenvalue weighted by molar-refractivity contribution is 0.177. The van der Waals surface area contributed by atoms with Gasteiger partial charge in [0, 0.05) is 19.7 Å². The van der Waals surface area contributed by atoms with E-state index in [1.54, 1.807) is 7.11 Å². The molecular weight excluding hydrogens is 318 g/mol. The van der Waals surface area contributed by atoms with Gasteiger partial charge in [0.05, 0.1) is 6.04 Å². The number of nitrogens with zero attached hydrogens (tertiary/aromatic N) is 3. The van der Waals surface area contributed by atoms with E-state index < -0.39 is 0 Å². The molecule has 2 amide bonds. The van der Waals surface area contributed by atoms with Gasteiger partial charge >= 0.3 is 6.03 Å². The average molecular weight is 347 g/mol. The normalized spacial score (nSPS) is 29.1. The summed E-state index contributed by atoms with van der Waals surface area (Å²) in [6.07, 6.45) is 9.86. The van der Waals surface area contributed by atoms with E-state index in [1.807, 2.05) is 4.68 Å². The number of rotatable bonds is 5. The van der Waals surface area contributed by atoms with Crippen molar-refractivity contribution < 1.29 is 9.53 Å². The fourth-order valence-corrected chi connectivity index (χ4v) is 4.56. The number of fused-ring (bicyclic) bond motifs is 1. The Kier molecular flexibility index (Phi) is 4.92. The van der Waals surface area contributed by atoms with Crippen molar-refractivity contribution in [3.63, 3.8) is 0 Å². The van der Waals surface area contributed by atoms with Crippen LogP contribution in [0.4, 0.5) is 4.79 Å². The maximum Gasteiger partial charge on any atom is 0.315 e. The van der Waals surface area contributed by atoms with Crippen LogP contribution in [0, 0.1) is 11.8 Å². The highest BCUT2D eigenvalue weighted by Gasteiger charge is 2.44. The van der Waals surface area contributed by atoms with Crippen LogP contribution in [0.2, 0.25) is 0 Å². The summed E-state index contributed by atoms with van der Waals surface area (Å²) in [7, 11) is 1.64. The summed E-state index contributed by atoms with van der Waals surface area (Å²) in [6, 6.07) is 0.255. The molecule has 0 unspecified atom stereocenters. The second-order valence-corrected chi connectivity index (χ2v) is 7.76. The van der Waals surface area contributed by atoms with Crippen LogP contribution in [-0.4, -0.2) is 33.9 Å². The first-order chi connectivity index (χ1) is 12.2. The van der Waals surface area contributed by atoms with Gasteiger partial charge in [-0.2, -0.15) is 5.10 Å². The zero-order valence-electron chi connectivity index (χ0n) is 15.0. The van der Waals surface area contributed by atoms with Crippen LogP contribution < -0.4 is 10.6 Å². The Bertz CT molecular complexity index is 611. The number of ether oxygens (including phenoxy) is 1. The number of hydrogen-bond acceptors (Lipinski definition) is 4. The van der Waals surface area contributed by atoms with Gasteiger partial charge in [-0.05, 0) is 31.1 Å². The van der Waals surface area contributed by atoms with Crippen molar-refractivity contribution in [1.29, 1.82) is 0 Å². The summed E-state index contributed by atoms with van der Waals surface area (Å²) >= 11 is 0. The third-order valence-electron chi connectivity index (χ3n) is 5.91. The molecule has 2 aliphatic carbocycles. The number of aromatic nitrogens is 3. The fourth-order valence-electron chi connectivity index (χ4n) is 4.56. The molecule has 25 heavy (non-hydrogen) atoms. The van der Waals surface area contributed by atoms with E-state index in [4.69, 9.17) is 4.74 Å². The molecule has 0 radical (unpaired) electrons. The lowest BCUT2D eigenvalue weighted by atomic mass is 9.85. The van der Waals surface area contributed by atoms with E-state index in [-0.39, 0.29) is 12.1 Å². The lowest BCUT2D eigenvalue weighted by Gasteiger charge is -2.24. The van der Waals surface area contributed by atoms with Gasteiger partial charge in [-0.3, -0.25) is 0 Å². The molecule has 0 saturated heterocycles. The predicted octanol–water partition coefficient (Wildman–Crippen LogP) is 2.53. The zero-order valence-corrected chi connectivity index (χ0v) is 15.0. The quantitative estimate of drug-likeness (QED) is 0.858. The number of methoxy groups -OCH3 is 1. The number of carbonyl (C=O) groups is 1. The molecule has 7 heteroatoms. The molecule has 1 aliphatic heterocycles. The Labute approximate surface area is 148 Å². The third kappa shape index (κ3) is 3.81. The van der Waals surface area contributed by atoms with Crippen LogP contribution in [0.3, 0.4) is 0 Å². The Morgan fingerprint density at radius 2 is 2.04 bits per heavy atom. The summed E-state index contributed by atoms with van der Waals surface area (Å²) in [5, 5.41) is 10.7. The summed E-state index contributed by atoms with van der Waals surface area (Å²) in [5.41, 5.74) is 0. The molecule has 138 valence electrons. The summed E-state index contributed by atoms with van der Waals surface area (Å²) < 4.78 is 7.02. The van der Waals surface area contributed by atoms with E-state index in [9.17, 15) is 4.79 Å². The smallest absolute Gasteiger partial charge is 0.315 e.